The number of rotatable bonds is 5. The first-order valence-corrected chi connectivity index (χ1v) is 8.75. The summed E-state index contributed by atoms with van der Waals surface area (Å²) in [5.74, 6) is -0.894. The Labute approximate surface area is 134 Å². The molecule has 7 heteroatoms. The van der Waals surface area contributed by atoms with Gasteiger partial charge in [0.05, 0.1) is 17.5 Å². The molecule has 0 unspecified atom stereocenters. The minimum absolute atomic E-state index is 0.0117. The van der Waals surface area contributed by atoms with Crippen molar-refractivity contribution < 1.29 is 17.6 Å². The molecule has 0 spiro atoms. The summed E-state index contributed by atoms with van der Waals surface area (Å²) in [7, 11) is -3.51. The maximum Gasteiger partial charge on any atom is 0.253 e. The van der Waals surface area contributed by atoms with Crippen LogP contribution in [0.25, 0.3) is 0 Å². The molecule has 122 valence electrons. The highest BCUT2D eigenvalue weighted by molar-refractivity contribution is 7.92. The molecule has 1 amide bonds. The molecule has 0 aliphatic carbocycles. The van der Waals surface area contributed by atoms with Gasteiger partial charge in [0.1, 0.15) is 5.82 Å². The van der Waals surface area contributed by atoms with Crippen molar-refractivity contribution in [2.75, 3.05) is 11.0 Å². The van der Waals surface area contributed by atoms with Crippen LogP contribution in [0.1, 0.15) is 21.5 Å². The summed E-state index contributed by atoms with van der Waals surface area (Å²) in [6.45, 7) is 1.80. The van der Waals surface area contributed by atoms with Crippen LogP contribution in [0.3, 0.4) is 0 Å². The van der Waals surface area contributed by atoms with Gasteiger partial charge in [-0.1, -0.05) is 29.8 Å². The summed E-state index contributed by atoms with van der Waals surface area (Å²) in [5, 5.41) is 2.60. The third kappa shape index (κ3) is 4.79. The van der Waals surface area contributed by atoms with Crippen LogP contribution in [-0.4, -0.2) is 20.6 Å². The first kappa shape index (κ1) is 17.0. The van der Waals surface area contributed by atoms with Gasteiger partial charge in [-0.15, -0.1) is 0 Å². The molecule has 0 saturated carbocycles. The van der Waals surface area contributed by atoms with Gasteiger partial charge in [0.2, 0.25) is 10.0 Å². The van der Waals surface area contributed by atoms with Crippen molar-refractivity contribution in [3.05, 3.63) is 65.0 Å². The zero-order valence-electron chi connectivity index (χ0n) is 12.8. The Morgan fingerprint density at radius 3 is 2.52 bits per heavy atom. The van der Waals surface area contributed by atoms with Crippen molar-refractivity contribution in [1.82, 2.24) is 5.32 Å². The highest BCUT2D eigenvalue weighted by atomic mass is 32.2. The van der Waals surface area contributed by atoms with E-state index >= 15 is 0 Å². The Bertz CT molecular complexity index is 835. The number of nitrogens with one attached hydrogen (secondary N) is 2. The number of sulfonamides is 1. The Morgan fingerprint density at radius 2 is 1.87 bits per heavy atom. The standard InChI is InChI=1S/C16H17FN2O3S/c1-11-7-8-15(19-23(2,21)22)13(9-11)16(20)18-10-12-5-3-4-6-14(12)17/h3-9,19H,10H2,1-2H3,(H,18,20). The molecule has 0 fully saturated rings. The van der Waals surface area contributed by atoms with Crippen LogP contribution in [0.2, 0.25) is 0 Å². The zero-order chi connectivity index (χ0) is 17.0. The molecule has 0 atom stereocenters. The number of benzene rings is 2. The molecule has 0 aliphatic rings. The van der Waals surface area contributed by atoms with Crippen LogP contribution in [0.5, 0.6) is 0 Å². The third-order valence-corrected chi connectivity index (χ3v) is 3.70. The van der Waals surface area contributed by atoms with Crippen molar-refractivity contribution in [3.8, 4) is 0 Å². The van der Waals surface area contributed by atoms with Crippen LogP contribution in [-0.2, 0) is 16.6 Å². The topological polar surface area (TPSA) is 75.3 Å². The molecule has 2 rings (SSSR count). The van der Waals surface area contributed by atoms with E-state index in [4.69, 9.17) is 0 Å². The second-order valence-electron chi connectivity index (χ2n) is 5.20. The average Bonchev–Trinajstić information content (AvgIpc) is 2.46. The first-order chi connectivity index (χ1) is 10.8. The highest BCUT2D eigenvalue weighted by Gasteiger charge is 2.15. The zero-order valence-corrected chi connectivity index (χ0v) is 13.6. The smallest absolute Gasteiger partial charge is 0.253 e. The van der Waals surface area contributed by atoms with Crippen molar-refractivity contribution in [3.63, 3.8) is 0 Å². The normalized spacial score (nSPS) is 11.1. The van der Waals surface area contributed by atoms with Crippen molar-refractivity contribution >= 4 is 21.6 Å². The van der Waals surface area contributed by atoms with Crippen molar-refractivity contribution in [1.29, 1.82) is 0 Å². The first-order valence-electron chi connectivity index (χ1n) is 6.86. The molecule has 2 N–H and O–H groups in total. The minimum atomic E-state index is -3.51. The fourth-order valence-electron chi connectivity index (χ4n) is 2.05. The van der Waals surface area contributed by atoms with Crippen LogP contribution >= 0.6 is 0 Å². The Hall–Kier alpha value is -2.41. The lowest BCUT2D eigenvalue weighted by Gasteiger charge is -2.12. The van der Waals surface area contributed by atoms with Gasteiger partial charge >= 0.3 is 0 Å². The van der Waals surface area contributed by atoms with Gasteiger partial charge in [-0.3, -0.25) is 9.52 Å². The van der Waals surface area contributed by atoms with E-state index in [0.717, 1.165) is 11.8 Å². The number of carbonyl (C=O) groups excluding carboxylic acids is 1. The number of aryl methyl sites for hydroxylation is 1. The second-order valence-corrected chi connectivity index (χ2v) is 6.95. The Balaban J connectivity index is 2.21. The molecule has 0 radical (unpaired) electrons. The molecule has 0 saturated heterocycles. The molecule has 0 heterocycles. The monoisotopic (exact) mass is 336 g/mol. The van der Waals surface area contributed by atoms with Crippen molar-refractivity contribution in [2.45, 2.75) is 13.5 Å². The molecule has 0 bridgehead atoms. The lowest BCUT2D eigenvalue weighted by Crippen LogP contribution is -2.25. The van der Waals surface area contributed by atoms with E-state index in [0.29, 0.717) is 5.56 Å². The summed E-state index contributed by atoms with van der Waals surface area (Å²) in [6, 6.07) is 10.9. The van der Waals surface area contributed by atoms with Gasteiger partial charge < -0.3 is 5.32 Å². The summed E-state index contributed by atoms with van der Waals surface area (Å²) in [5.41, 5.74) is 1.53. The number of amides is 1. The van der Waals surface area contributed by atoms with Crippen LogP contribution in [0.15, 0.2) is 42.5 Å². The maximum absolute atomic E-state index is 13.6. The molecule has 2 aromatic rings. The Kier molecular flexibility index (Phi) is 5.00. The quantitative estimate of drug-likeness (QED) is 0.880. The SMILES string of the molecule is Cc1ccc(NS(C)(=O)=O)c(C(=O)NCc2ccccc2F)c1. The van der Waals surface area contributed by atoms with Gasteiger partial charge in [-0.05, 0) is 25.1 Å². The van der Waals surface area contributed by atoms with E-state index in [2.05, 4.69) is 10.0 Å². The van der Waals surface area contributed by atoms with Crippen molar-refractivity contribution in [2.24, 2.45) is 0 Å². The summed E-state index contributed by atoms with van der Waals surface area (Å²) in [6.07, 6.45) is 1.01. The van der Waals surface area contributed by atoms with Gasteiger partial charge in [0, 0.05) is 12.1 Å². The van der Waals surface area contributed by atoms with Gasteiger partial charge in [0.15, 0.2) is 0 Å². The van der Waals surface area contributed by atoms with E-state index in [9.17, 15) is 17.6 Å². The second kappa shape index (κ2) is 6.78. The fourth-order valence-corrected chi connectivity index (χ4v) is 2.62. The van der Waals surface area contributed by atoms with E-state index < -0.39 is 21.7 Å². The predicted octanol–water partition coefficient (Wildman–Crippen LogP) is 2.44. The lowest BCUT2D eigenvalue weighted by atomic mass is 10.1. The largest absolute Gasteiger partial charge is 0.348 e. The average molecular weight is 336 g/mol. The van der Waals surface area contributed by atoms with Gasteiger partial charge in [-0.2, -0.15) is 0 Å². The molecule has 23 heavy (non-hydrogen) atoms. The minimum Gasteiger partial charge on any atom is -0.348 e. The maximum atomic E-state index is 13.6. The number of hydrogen-bond donors (Lipinski definition) is 2. The van der Waals surface area contributed by atoms with Crippen LogP contribution in [0.4, 0.5) is 10.1 Å². The van der Waals surface area contributed by atoms with E-state index in [1.54, 1.807) is 37.3 Å². The van der Waals surface area contributed by atoms with E-state index in [1.165, 1.54) is 12.1 Å². The number of anilines is 1. The number of carbonyl (C=O) groups is 1. The van der Waals surface area contributed by atoms with E-state index in [1.807, 2.05) is 0 Å². The lowest BCUT2D eigenvalue weighted by molar-refractivity contribution is 0.0951. The summed E-state index contributed by atoms with van der Waals surface area (Å²) >= 11 is 0. The van der Waals surface area contributed by atoms with Crippen LogP contribution < -0.4 is 10.0 Å². The summed E-state index contributed by atoms with van der Waals surface area (Å²) < 4.78 is 38.7. The van der Waals surface area contributed by atoms with Gasteiger partial charge in [-0.25, -0.2) is 12.8 Å². The molecule has 0 aliphatic heterocycles. The number of hydrogen-bond acceptors (Lipinski definition) is 3. The van der Waals surface area contributed by atoms with E-state index in [-0.39, 0.29) is 17.8 Å². The van der Waals surface area contributed by atoms with Crippen LogP contribution in [0, 0.1) is 12.7 Å². The Morgan fingerprint density at radius 1 is 1.17 bits per heavy atom. The van der Waals surface area contributed by atoms with Gasteiger partial charge in [0.25, 0.3) is 5.91 Å². The fraction of sp³-hybridized carbons (Fsp3) is 0.188. The highest BCUT2D eigenvalue weighted by Crippen LogP contribution is 2.19. The summed E-state index contributed by atoms with van der Waals surface area (Å²) in [4.78, 5) is 12.3. The predicted molar refractivity (Wildman–Crippen MR) is 87.2 cm³/mol. The molecule has 0 aromatic heterocycles. The molecular weight excluding hydrogens is 319 g/mol. The molecule has 5 nitrogen and oxygen atoms in total. The molecule has 2 aromatic carbocycles. The molecular formula is C16H17FN2O3S. The third-order valence-electron chi connectivity index (χ3n) is 3.11. The number of halogens is 1.